The summed E-state index contributed by atoms with van der Waals surface area (Å²) in [5.41, 5.74) is 1.29. The van der Waals surface area contributed by atoms with Gasteiger partial charge in [0.2, 0.25) is 0 Å². The summed E-state index contributed by atoms with van der Waals surface area (Å²) in [4.78, 5) is 2.27. The molecular formula is C9H11N2OY-. The SMILES string of the molecule is [Y].c1cc2n(c1)CCN1[CH-]CO[C@H]21. The predicted molar refractivity (Wildman–Crippen MR) is 44.1 cm³/mol. The summed E-state index contributed by atoms with van der Waals surface area (Å²) < 4.78 is 7.86. The molecule has 13 heavy (non-hydrogen) atoms. The maximum Gasteiger partial charge on any atom is 0.121 e. The summed E-state index contributed by atoms with van der Waals surface area (Å²) in [7, 11) is 0. The number of aromatic nitrogens is 1. The Balaban J connectivity index is 0.000000653. The number of hydrogen-bond donors (Lipinski definition) is 0. The van der Waals surface area contributed by atoms with E-state index in [4.69, 9.17) is 4.74 Å². The van der Waals surface area contributed by atoms with Gasteiger partial charge in [0.1, 0.15) is 6.23 Å². The van der Waals surface area contributed by atoms with Crippen molar-refractivity contribution in [2.24, 2.45) is 0 Å². The summed E-state index contributed by atoms with van der Waals surface area (Å²) in [5.74, 6) is 0. The van der Waals surface area contributed by atoms with Gasteiger partial charge in [0.05, 0.1) is 5.69 Å². The van der Waals surface area contributed by atoms with Gasteiger partial charge in [0.25, 0.3) is 0 Å². The molecule has 67 valence electrons. The topological polar surface area (TPSA) is 17.4 Å². The number of ether oxygens (including phenoxy) is 1. The second kappa shape index (κ2) is 3.81. The molecule has 1 saturated heterocycles. The molecule has 2 aliphatic rings. The summed E-state index contributed by atoms with van der Waals surface area (Å²) in [6, 6.07) is 4.22. The molecule has 0 N–H and O–H groups in total. The Labute approximate surface area is 103 Å². The zero-order valence-corrected chi connectivity index (χ0v) is 10.2. The van der Waals surface area contributed by atoms with Crippen molar-refractivity contribution in [3.63, 3.8) is 0 Å². The van der Waals surface area contributed by atoms with Crippen LogP contribution in [0.1, 0.15) is 11.9 Å². The Morgan fingerprint density at radius 3 is 3.31 bits per heavy atom. The summed E-state index contributed by atoms with van der Waals surface area (Å²) in [5, 5.41) is 0. The van der Waals surface area contributed by atoms with E-state index in [1.165, 1.54) is 5.69 Å². The molecule has 2 aliphatic heterocycles. The van der Waals surface area contributed by atoms with Gasteiger partial charge in [-0.3, -0.25) is 0 Å². The van der Waals surface area contributed by atoms with Gasteiger partial charge < -0.3 is 14.2 Å². The molecule has 1 fully saturated rings. The minimum Gasteiger partial charge on any atom is -0.423 e. The zero-order valence-electron chi connectivity index (χ0n) is 7.39. The van der Waals surface area contributed by atoms with Crippen molar-refractivity contribution in [3.05, 3.63) is 30.6 Å². The Bertz CT molecular complexity index is 300. The maximum absolute atomic E-state index is 5.59. The van der Waals surface area contributed by atoms with Crippen molar-refractivity contribution >= 4 is 0 Å². The number of nitrogens with zero attached hydrogens (tertiary/aromatic N) is 2. The minimum absolute atomic E-state index is 0. The molecule has 1 radical (unpaired) electrons. The van der Waals surface area contributed by atoms with Crippen LogP contribution < -0.4 is 0 Å². The van der Waals surface area contributed by atoms with Crippen molar-refractivity contribution in [1.82, 2.24) is 9.47 Å². The number of rotatable bonds is 0. The van der Waals surface area contributed by atoms with Crippen molar-refractivity contribution in [1.29, 1.82) is 0 Å². The Morgan fingerprint density at radius 2 is 2.38 bits per heavy atom. The molecule has 3 rings (SSSR count). The van der Waals surface area contributed by atoms with Crippen molar-refractivity contribution in [3.8, 4) is 0 Å². The average molecular weight is 252 g/mol. The molecule has 0 amide bonds. The van der Waals surface area contributed by atoms with Gasteiger partial charge >= 0.3 is 0 Å². The summed E-state index contributed by atoms with van der Waals surface area (Å²) in [6.45, 7) is 5.06. The molecule has 0 saturated carbocycles. The molecule has 1 atom stereocenters. The molecule has 0 spiro atoms. The quantitative estimate of drug-likeness (QED) is 0.641. The minimum atomic E-state index is 0. The molecule has 1 aromatic heterocycles. The average Bonchev–Trinajstić information content (AvgIpc) is 2.71. The van der Waals surface area contributed by atoms with Crippen LogP contribution in [-0.2, 0) is 44.0 Å². The van der Waals surface area contributed by atoms with E-state index < -0.39 is 0 Å². The molecule has 0 unspecified atom stereocenters. The second-order valence-electron chi connectivity index (χ2n) is 3.23. The van der Waals surface area contributed by atoms with Gasteiger partial charge in [-0.1, -0.05) is 6.61 Å². The molecule has 3 nitrogen and oxygen atoms in total. The predicted octanol–water partition coefficient (Wildman–Crippen LogP) is 0.992. The van der Waals surface area contributed by atoms with Crippen LogP contribution in [0.5, 0.6) is 0 Å². The molecule has 3 heterocycles. The Morgan fingerprint density at radius 1 is 1.46 bits per heavy atom. The molecular weight excluding hydrogens is 241 g/mol. The Kier molecular flexibility index (Phi) is 2.89. The van der Waals surface area contributed by atoms with E-state index >= 15 is 0 Å². The van der Waals surface area contributed by atoms with Crippen molar-refractivity contribution in [2.45, 2.75) is 12.8 Å². The summed E-state index contributed by atoms with van der Waals surface area (Å²) >= 11 is 0. The van der Waals surface area contributed by atoms with Gasteiger partial charge in [-0.25, -0.2) is 6.54 Å². The van der Waals surface area contributed by atoms with Gasteiger partial charge in [-0.05, 0) is 18.7 Å². The van der Waals surface area contributed by atoms with Crippen LogP contribution in [-0.4, -0.2) is 22.6 Å². The normalized spacial score (nSPS) is 26.3. The van der Waals surface area contributed by atoms with E-state index in [0.29, 0.717) is 0 Å². The fourth-order valence-electron chi connectivity index (χ4n) is 1.96. The van der Waals surface area contributed by atoms with E-state index in [2.05, 4.69) is 34.3 Å². The molecule has 0 bridgehead atoms. The second-order valence-corrected chi connectivity index (χ2v) is 3.23. The number of hydrogen-bond acceptors (Lipinski definition) is 2. The van der Waals surface area contributed by atoms with Crippen LogP contribution >= 0.6 is 0 Å². The third-order valence-electron chi connectivity index (χ3n) is 2.58. The third-order valence-corrected chi connectivity index (χ3v) is 2.58. The molecule has 0 aliphatic carbocycles. The van der Waals surface area contributed by atoms with Crippen LogP contribution in [0.25, 0.3) is 0 Å². The maximum atomic E-state index is 5.59. The van der Waals surface area contributed by atoms with Crippen LogP contribution in [0.4, 0.5) is 0 Å². The fraction of sp³-hybridized carbons (Fsp3) is 0.444. The first-order valence-electron chi connectivity index (χ1n) is 4.31. The van der Waals surface area contributed by atoms with E-state index in [0.717, 1.165) is 19.7 Å². The first-order chi connectivity index (χ1) is 5.95. The van der Waals surface area contributed by atoms with Crippen LogP contribution in [0.3, 0.4) is 0 Å². The first kappa shape index (κ1) is 9.84. The zero-order chi connectivity index (χ0) is 7.97. The van der Waals surface area contributed by atoms with E-state index in [-0.39, 0.29) is 38.9 Å². The van der Waals surface area contributed by atoms with Crippen LogP contribution in [0, 0.1) is 6.54 Å². The van der Waals surface area contributed by atoms with Gasteiger partial charge in [0, 0.05) is 45.5 Å². The standard InChI is InChI=1S/C9H11N2O.Y/c1-2-8-9-11(6-7-12-9)5-4-10(8)3-1;/h1-3,6,9H,4-5,7H2;/q-1;/t9-;/m1./s1. The molecule has 0 aromatic carbocycles. The van der Waals surface area contributed by atoms with E-state index in [1.54, 1.807) is 0 Å². The van der Waals surface area contributed by atoms with Crippen LogP contribution in [0.2, 0.25) is 0 Å². The Hall–Kier alpha value is 0.304. The van der Waals surface area contributed by atoms with E-state index in [9.17, 15) is 0 Å². The third kappa shape index (κ3) is 1.52. The van der Waals surface area contributed by atoms with E-state index in [1.807, 2.05) is 0 Å². The molecule has 1 aromatic rings. The van der Waals surface area contributed by atoms with Crippen LogP contribution in [0.15, 0.2) is 18.3 Å². The smallest absolute Gasteiger partial charge is 0.121 e. The van der Waals surface area contributed by atoms with Crippen molar-refractivity contribution < 1.29 is 37.4 Å². The molecule has 4 heteroatoms. The fourth-order valence-corrected chi connectivity index (χ4v) is 1.96. The first-order valence-corrected chi connectivity index (χ1v) is 4.31. The van der Waals surface area contributed by atoms with Gasteiger partial charge in [-0.15, -0.1) is 0 Å². The summed E-state index contributed by atoms with van der Waals surface area (Å²) in [6.07, 6.45) is 2.31. The largest absolute Gasteiger partial charge is 0.423 e. The number of fused-ring (bicyclic) bond motifs is 3. The van der Waals surface area contributed by atoms with Gasteiger partial charge in [-0.2, -0.15) is 0 Å². The van der Waals surface area contributed by atoms with Gasteiger partial charge in [0.15, 0.2) is 0 Å². The monoisotopic (exact) mass is 252 g/mol. The van der Waals surface area contributed by atoms with Crippen molar-refractivity contribution in [2.75, 3.05) is 13.2 Å².